The van der Waals surface area contributed by atoms with Crippen LogP contribution in [-0.2, 0) is 9.84 Å². The molecular weight excluding hydrogens is 282 g/mol. The van der Waals surface area contributed by atoms with Crippen molar-refractivity contribution in [3.05, 3.63) is 33.7 Å². The molecule has 0 bridgehead atoms. The van der Waals surface area contributed by atoms with Gasteiger partial charge in [-0.3, -0.25) is 0 Å². The molecule has 0 saturated heterocycles. The third-order valence-electron chi connectivity index (χ3n) is 3.87. The van der Waals surface area contributed by atoms with E-state index in [0.29, 0.717) is 33.0 Å². The number of nitrogens with one attached hydrogen (secondary N) is 1. The molecule has 1 heterocycles. The monoisotopic (exact) mass is 297 g/mol. The van der Waals surface area contributed by atoms with E-state index in [4.69, 9.17) is 11.6 Å². The predicted molar refractivity (Wildman–Crippen MR) is 76.9 cm³/mol. The van der Waals surface area contributed by atoms with Crippen molar-refractivity contribution in [2.24, 2.45) is 0 Å². The van der Waals surface area contributed by atoms with Crippen molar-refractivity contribution in [3.8, 4) is 0 Å². The molecule has 5 heteroatoms. The van der Waals surface area contributed by atoms with E-state index < -0.39 is 9.84 Å². The number of halogens is 1. The lowest BCUT2D eigenvalue weighted by atomic mass is 10.2. The van der Waals surface area contributed by atoms with Gasteiger partial charge in [0.2, 0.25) is 9.84 Å². The minimum absolute atomic E-state index is 0.336. The Morgan fingerprint density at radius 3 is 2.68 bits per heavy atom. The van der Waals surface area contributed by atoms with Crippen molar-refractivity contribution in [1.29, 1.82) is 0 Å². The molecular formula is C14H16ClNO2S. The lowest BCUT2D eigenvalue weighted by molar-refractivity contribution is 0.550. The van der Waals surface area contributed by atoms with Crippen molar-refractivity contribution in [3.63, 3.8) is 0 Å². The molecule has 0 spiro atoms. The van der Waals surface area contributed by atoms with Crippen LogP contribution in [0.25, 0.3) is 6.08 Å². The first-order valence-electron chi connectivity index (χ1n) is 6.56. The van der Waals surface area contributed by atoms with E-state index in [1.54, 1.807) is 24.3 Å². The minimum atomic E-state index is -3.35. The highest BCUT2D eigenvalue weighted by atomic mass is 35.5. The number of benzene rings is 1. The molecule has 0 aromatic heterocycles. The fourth-order valence-electron chi connectivity index (χ4n) is 2.79. The lowest BCUT2D eigenvalue weighted by Gasteiger charge is -2.12. The van der Waals surface area contributed by atoms with Gasteiger partial charge in [0.15, 0.2) is 0 Å². The summed E-state index contributed by atoms with van der Waals surface area (Å²) < 4.78 is 24.7. The second kappa shape index (κ2) is 4.93. The van der Waals surface area contributed by atoms with Crippen LogP contribution >= 0.6 is 11.6 Å². The zero-order valence-electron chi connectivity index (χ0n) is 10.5. The van der Waals surface area contributed by atoms with Gasteiger partial charge >= 0.3 is 0 Å². The summed E-state index contributed by atoms with van der Waals surface area (Å²) >= 11 is 6.06. The highest BCUT2D eigenvalue weighted by Gasteiger charge is 2.31. The highest BCUT2D eigenvalue weighted by molar-refractivity contribution is 7.95. The molecule has 0 radical (unpaired) electrons. The number of hydrogen-bond donors (Lipinski definition) is 1. The van der Waals surface area contributed by atoms with Gasteiger partial charge in [0.25, 0.3) is 0 Å². The topological polar surface area (TPSA) is 46.2 Å². The van der Waals surface area contributed by atoms with Crippen LogP contribution in [0.3, 0.4) is 0 Å². The molecule has 3 rings (SSSR count). The fourth-order valence-corrected chi connectivity index (χ4v) is 4.62. The Morgan fingerprint density at radius 2 is 2.00 bits per heavy atom. The maximum Gasteiger partial charge on any atom is 0.204 e. The lowest BCUT2D eigenvalue weighted by Crippen LogP contribution is -2.29. The first-order valence-corrected chi connectivity index (χ1v) is 8.43. The Balaban J connectivity index is 1.84. The number of hydrogen-bond acceptors (Lipinski definition) is 3. The average molecular weight is 298 g/mol. The van der Waals surface area contributed by atoms with E-state index in [1.807, 2.05) is 0 Å². The fraction of sp³-hybridized carbons (Fsp3) is 0.429. The van der Waals surface area contributed by atoms with Crippen LogP contribution < -0.4 is 5.32 Å². The van der Waals surface area contributed by atoms with E-state index in [-0.39, 0.29) is 0 Å². The molecule has 2 aliphatic rings. The van der Waals surface area contributed by atoms with E-state index in [2.05, 4.69) is 5.32 Å². The molecule has 3 nitrogen and oxygen atoms in total. The molecule has 0 amide bonds. The Bertz CT molecular complexity index is 631. The highest BCUT2D eigenvalue weighted by Crippen LogP contribution is 2.36. The van der Waals surface area contributed by atoms with Gasteiger partial charge in [0.1, 0.15) is 0 Å². The molecule has 1 saturated carbocycles. The van der Waals surface area contributed by atoms with Crippen LogP contribution in [0, 0.1) is 0 Å². The van der Waals surface area contributed by atoms with Gasteiger partial charge in [-0.05, 0) is 31.1 Å². The Labute approximate surface area is 118 Å². The van der Waals surface area contributed by atoms with Crippen molar-refractivity contribution in [2.75, 3.05) is 6.54 Å². The van der Waals surface area contributed by atoms with E-state index in [9.17, 15) is 8.42 Å². The van der Waals surface area contributed by atoms with Gasteiger partial charge in [-0.2, -0.15) is 0 Å². The van der Waals surface area contributed by atoms with Gasteiger partial charge in [0.05, 0.1) is 9.80 Å². The quantitative estimate of drug-likeness (QED) is 0.933. The summed E-state index contributed by atoms with van der Waals surface area (Å²) in [6.45, 7) is 0.401. The van der Waals surface area contributed by atoms with Gasteiger partial charge in [-0.15, -0.1) is 0 Å². The van der Waals surface area contributed by atoms with E-state index in [0.717, 1.165) is 12.8 Å². The average Bonchev–Trinajstić information content (AvgIpc) is 2.96. The predicted octanol–water partition coefficient (Wildman–Crippen LogP) is 3.00. The Kier molecular flexibility index (Phi) is 3.41. The van der Waals surface area contributed by atoms with Crippen LogP contribution in [0.5, 0.6) is 0 Å². The molecule has 1 aromatic rings. The number of fused-ring (bicyclic) bond motifs is 1. The van der Waals surface area contributed by atoms with Crippen molar-refractivity contribution < 1.29 is 8.42 Å². The summed E-state index contributed by atoms with van der Waals surface area (Å²) in [4.78, 5) is 0.769. The van der Waals surface area contributed by atoms with Crippen LogP contribution in [0.4, 0.5) is 0 Å². The zero-order chi connectivity index (χ0) is 13.5. The maximum absolute atomic E-state index is 12.4. The van der Waals surface area contributed by atoms with Crippen LogP contribution in [0.15, 0.2) is 28.0 Å². The van der Waals surface area contributed by atoms with Crippen molar-refractivity contribution in [1.82, 2.24) is 5.32 Å². The largest absolute Gasteiger partial charge is 0.309 e. The van der Waals surface area contributed by atoms with Gasteiger partial charge in [0, 0.05) is 23.2 Å². The Morgan fingerprint density at radius 1 is 1.26 bits per heavy atom. The molecule has 19 heavy (non-hydrogen) atoms. The molecule has 0 atom stereocenters. The zero-order valence-corrected chi connectivity index (χ0v) is 12.1. The summed E-state index contributed by atoms with van der Waals surface area (Å²) in [6.07, 6.45) is 6.45. The number of sulfone groups is 1. The van der Waals surface area contributed by atoms with Crippen molar-refractivity contribution in [2.45, 2.75) is 36.6 Å². The summed E-state index contributed by atoms with van der Waals surface area (Å²) in [5.41, 5.74) is 0.632. The first kappa shape index (κ1) is 13.2. The molecule has 1 aliphatic heterocycles. The van der Waals surface area contributed by atoms with Gasteiger partial charge < -0.3 is 5.32 Å². The normalized spacial score (nSPS) is 21.4. The van der Waals surface area contributed by atoms with Crippen LogP contribution in [-0.4, -0.2) is 21.0 Å². The summed E-state index contributed by atoms with van der Waals surface area (Å²) in [5, 5.41) is 3.84. The second-order valence-corrected chi connectivity index (χ2v) is 7.51. The SMILES string of the molecule is O=S1(=O)C(CNC2CCCC2)=Cc2c(Cl)cccc21. The number of rotatable bonds is 3. The molecule has 1 N–H and O–H groups in total. The molecule has 1 fully saturated rings. The third kappa shape index (κ3) is 2.33. The first-order chi connectivity index (χ1) is 9.09. The van der Waals surface area contributed by atoms with Gasteiger partial charge in [-0.25, -0.2) is 8.42 Å². The van der Waals surface area contributed by atoms with E-state index in [1.165, 1.54) is 12.8 Å². The van der Waals surface area contributed by atoms with Crippen LogP contribution in [0.1, 0.15) is 31.2 Å². The maximum atomic E-state index is 12.4. The third-order valence-corrected chi connectivity index (χ3v) is 6.09. The summed E-state index contributed by atoms with van der Waals surface area (Å²) in [5.74, 6) is 0. The van der Waals surface area contributed by atoms with Crippen molar-refractivity contribution >= 4 is 27.5 Å². The van der Waals surface area contributed by atoms with Crippen LogP contribution in [0.2, 0.25) is 5.02 Å². The van der Waals surface area contributed by atoms with E-state index >= 15 is 0 Å². The molecule has 0 unspecified atom stereocenters. The molecule has 102 valence electrons. The Hall–Kier alpha value is -0.840. The molecule has 1 aliphatic carbocycles. The smallest absolute Gasteiger partial charge is 0.204 e. The minimum Gasteiger partial charge on any atom is -0.309 e. The summed E-state index contributed by atoms with van der Waals surface area (Å²) in [7, 11) is -3.35. The summed E-state index contributed by atoms with van der Waals surface area (Å²) in [6, 6.07) is 5.48. The standard InChI is InChI=1S/C14H16ClNO2S/c15-13-6-3-7-14-12(13)8-11(19(14,17)18)9-16-10-4-1-2-5-10/h3,6-8,10,16H,1-2,4-5,9H2. The second-order valence-electron chi connectivity index (χ2n) is 5.13. The molecule has 1 aromatic carbocycles. The van der Waals surface area contributed by atoms with Gasteiger partial charge in [-0.1, -0.05) is 30.5 Å².